The van der Waals surface area contributed by atoms with Crippen LogP contribution >= 0.6 is 0 Å². The van der Waals surface area contributed by atoms with Crippen molar-refractivity contribution in [1.29, 1.82) is 0 Å². The molecule has 0 spiro atoms. The average molecular weight is 271 g/mol. The molecule has 0 saturated carbocycles. The highest BCUT2D eigenvalue weighted by Gasteiger charge is 2.63. The monoisotopic (exact) mass is 271 g/mol. The Morgan fingerprint density at radius 2 is 1.63 bits per heavy atom. The molecule has 4 heteroatoms. The molecular weight excluding hydrogens is 251 g/mol. The number of hydrogen-bond donors (Lipinski definition) is 0. The van der Waals surface area contributed by atoms with E-state index in [9.17, 15) is 13.2 Å². The molecule has 1 nitrogen and oxygen atoms in total. The molecule has 1 aliphatic rings. The summed E-state index contributed by atoms with van der Waals surface area (Å²) in [5, 5.41) is 0. The second-order valence-corrected chi connectivity index (χ2v) is 6.15. The first-order chi connectivity index (χ1) is 8.69. The maximum atomic E-state index is 13.8. The molecule has 1 fully saturated rings. The van der Waals surface area contributed by atoms with Gasteiger partial charge in [-0.25, -0.2) is 0 Å². The van der Waals surface area contributed by atoms with Gasteiger partial charge >= 0.3 is 6.18 Å². The van der Waals surface area contributed by atoms with Crippen LogP contribution in [0.25, 0.3) is 0 Å². The van der Waals surface area contributed by atoms with Crippen LogP contribution in [0.1, 0.15) is 39.2 Å². The Morgan fingerprint density at radius 3 is 2.11 bits per heavy atom. The van der Waals surface area contributed by atoms with E-state index >= 15 is 0 Å². The Hall–Kier alpha value is -1.03. The summed E-state index contributed by atoms with van der Waals surface area (Å²) < 4.78 is 41.5. The predicted molar refractivity (Wildman–Crippen MR) is 69.9 cm³/mol. The van der Waals surface area contributed by atoms with Crippen LogP contribution < -0.4 is 0 Å². The smallest absolute Gasteiger partial charge is 0.281 e. The molecular formula is C15H20F3N. The van der Waals surface area contributed by atoms with Crippen molar-refractivity contribution < 1.29 is 13.2 Å². The summed E-state index contributed by atoms with van der Waals surface area (Å²) in [5.74, 6) is 0. The van der Waals surface area contributed by atoms with E-state index < -0.39 is 17.3 Å². The van der Waals surface area contributed by atoms with Gasteiger partial charge in [0.05, 0.1) is 0 Å². The zero-order chi connectivity index (χ0) is 14.3. The van der Waals surface area contributed by atoms with E-state index in [4.69, 9.17) is 0 Å². The molecule has 0 amide bonds. The summed E-state index contributed by atoms with van der Waals surface area (Å²) in [6, 6.07) is 8.31. The van der Waals surface area contributed by atoms with Crippen molar-refractivity contribution in [1.82, 2.24) is 4.90 Å². The minimum Gasteiger partial charge on any atom is -0.281 e. The van der Waals surface area contributed by atoms with Gasteiger partial charge in [0.15, 0.2) is 0 Å². The number of nitrogens with zero attached hydrogens (tertiary/aromatic N) is 1. The summed E-state index contributed by atoms with van der Waals surface area (Å²) in [6.45, 7) is 6.03. The minimum atomic E-state index is -4.27. The molecule has 1 heterocycles. The average Bonchev–Trinajstić information content (AvgIpc) is 2.74. The quantitative estimate of drug-likeness (QED) is 0.734. The molecule has 1 aliphatic heterocycles. The summed E-state index contributed by atoms with van der Waals surface area (Å²) >= 11 is 0. The van der Waals surface area contributed by atoms with Gasteiger partial charge in [-0.3, -0.25) is 4.90 Å². The first-order valence-electron chi connectivity index (χ1n) is 6.59. The SMILES string of the molecule is CC(C)(C)N1CCCC1(c1ccccc1)C(F)(F)F. The second kappa shape index (κ2) is 4.51. The standard InChI is InChI=1S/C15H20F3N/c1-13(2,3)19-11-7-10-14(19,15(16,17)18)12-8-5-4-6-9-12/h4-6,8-9H,7,10-11H2,1-3H3. The van der Waals surface area contributed by atoms with E-state index in [1.807, 2.05) is 20.8 Å². The highest BCUT2D eigenvalue weighted by atomic mass is 19.4. The highest BCUT2D eigenvalue weighted by Crippen LogP contribution is 2.52. The predicted octanol–water partition coefficient (Wildman–Crippen LogP) is 4.34. The van der Waals surface area contributed by atoms with Gasteiger partial charge in [0, 0.05) is 5.54 Å². The molecule has 0 radical (unpaired) electrons. The molecule has 1 saturated heterocycles. The van der Waals surface area contributed by atoms with Gasteiger partial charge in [0.25, 0.3) is 0 Å². The molecule has 1 aromatic rings. The number of halogens is 3. The fraction of sp³-hybridized carbons (Fsp3) is 0.600. The lowest BCUT2D eigenvalue weighted by molar-refractivity contribution is -0.241. The van der Waals surface area contributed by atoms with Gasteiger partial charge in [-0.05, 0) is 45.7 Å². The van der Waals surface area contributed by atoms with Crippen LogP contribution in [0.3, 0.4) is 0 Å². The van der Waals surface area contributed by atoms with Gasteiger partial charge in [0.2, 0.25) is 0 Å². The summed E-state index contributed by atoms with van der Waals surface area (Å²) in [4.78, 5) is 1.61. The van der Waals surface area contributed by atoms with E-state index in [0.29, 0.717) is 18.5 Å². The van der Waals surface area contributed by atoms with E-state index in [0.717, 1.165) is 0 Å². The van der Waals surface area contributed by atoms with Crippen molar-refractivity contribution >= 4 is 0 Å². The molecule has 1 aromatic carbocycles. The van der Waals surface area contributed by atoms with Gasteiger partial charge in [-0.15, -0.1) is 0 Å². The van der Waals surface area contributed by atoms with Crippen LogP contribution in [0.5, 0.6) is 0 Å². The second-order valence-electron chi connectivity index (χ2n) is 6.15. The third kappa shape index (κ3) is 2.27. The van der Waals surface area contributed by atoms with E-state index in [1.165, 1.54) is 0 Å². The Bertz CT molecular complexity index is 433. The fourth-order valence-electron chi connectivity index (χ4n) is 3.20. The van der Waals surface area contributed by atoms with Gasteiger partial charge in [-0.1, -0.05) is 30.3 Å². The van der Waals surface area contributed by atoms with Crippen LogP contribution in [0.15, 0.2) is 30.3 Å². The lowest BCUT2D eigenvalue weighted by atomic mass is 9.84. The van der Waals surface area contributed by atoms with Crippen molar-refractivity contribution in [2.45, 2.75) is 50.9 Å². The normalized spacial score (nSPS) is 25.8. The molecule has 2 rings (SSSR count). The van der Waals surface area contributed by atoms with Crippen LogP contribution in [-0.4, -0.2) is 23.2 Å². The molecule has 1 atom stereocenters. The van der Waals surface area contributed by atoms with Gasteiger partial charge in [0.1, 0.15) is 5.54 Å². The molecule has 1 unspecified atom stereocenters. The summed E-state index contributed by atoms with van der Waals surface area (Å²) in [6.07, 6.45) is -3.55. The lowest BCUT2D eigenvalue weighted by Gasteiger charge is -2.47. The molecule has 0 N–H and O–H groups in total. The summed E-state index contributed by atoms with van der Waals surface area (Å²) in [7, 11) is 0. The molecule has 0 aliphatic carbocycles. The minimum absolute atomic E-state index is 0.137. The summed E-state index contributed by atoms with van der Waals surface area (Å²) in [5.41, 5.74) is -2.00. The highest BCUT2D eigenvalue weighted by molar-refractivity contribution is 5.29. The first-order valence-corrected chi connectivity index (χ1v) is 6.59. The first kappa shape index (κ1) is 14.4. The number of likely N-dealkylation sites (tertiary alicyclic amines) is 1. The Labute approximate surface area is 112 Å². The third-order valence-corrected chi connectivity index (χ3v) is 3.91. The molecule has 106 valence electrons. The van der Waals surface area contributed by atoms with Crippen LogP contribution in [0.4, 0.5) is 13.2 Å². The number of benzene rings is 1. The van der Waals surface area contributed by atoms with Crippen molar-refractivity contribution in [2.75, 3.05) is 6.54 Å². The van der Waals surface area contributed by atoms with E-state index in [1.54, 1.807) is 35.2 Å². The van der Waals surface area contributed by atoms with Gasteiger partial charge in [-0.2, -0.15) is 13.2 Å². The number of rotatable bonds is 1. The van der Waals surface area contributed by atoms with Crippen LogP contribution in [-0.2, 0) is 5.54 Å². The number of hydrogen-bond acceptors (Lipinski definition) is 1. The van der Waals surface area contributed by atoms with Gasteiger partial charge < -0.3 is 0 Å². The third-order valence-electron chi connectivity index (χ3n) is 3.91. The Balaban J connectivity index is 2.60. The van der Waals surface area contributed by atoms with Crippen molar-refractivity contribution in [3.63, 3.8) is 0 Å². The molecule has 0 aromatic heterocycles. The van der Waals surface area contributed by atoms with Crippen LogP contribution in [0.2, 0.25) is 0 Å². The van der Waals surface area contributed by atoms with E-state index in [-0.39, 0.29) is 6.42 Å². The van der Waals surface area contributed by atoms with Crippen molar-refractivity contribution in [3.8, 4) is 0 Å². The largest absolute Gasteiger partial charge is 0.411 e. The number of alkyl halides is 3. The zero-order valence-electron chi connectivity index (χ0n) is 11.6. The Kier molecular flexibility index (Phi) is 3.42. The lowest BCUT2D eigenvalue weighted by Crippen LogP contribution is -2.58. The fourth-order valence-corrected chi connectivity index (χ4v) is 3.20. The van der Waals surface area contributed by atoms with Crippen molar-refractivity contribution in [3.05, 3.63) is 35.9 Å². The maximum absolute atomic E-state index is 13.8. The maximum Gasteiger partial charge on any atom is 0.411 e. The zero-order valence-corrected chi connectivity index (χ0v) is 11.6. The van der Waals surface area contributed by atoms with Crippen LogP contribution in [0, 0.1) is 0 Å². The molecule has 19 heavy (non-hydrogen) atoms. The van der Waals surface area contributed by atoms with E-state index in [2.05, 4.69) is 0 Å². The van der Waals surface area contributed by atoms with Crippen molar-refractivity contribution in [2.24, 2.45) is 0 Å². The molecule has 0 bridgehead atoms. The topological polar surface area (TPSA) is 3.24 Å². The Morgan fingerprint density at radius 1 is 1.05 bits per heavy atom.